The molecule has 1 rings (SSSR count). The third-order valence-electron chi connectivity index (χ3n) is 3.33. The molecular weight excluding hydrogens is 242 g/mol. The molecule has 0 saturated heterocycles. The summed E-state index contributed by atoms with van der Waals surface area (Å²) in [5, 5.41) is 12.5. The number of hydrogen-bond acceptors (Lipinski definition) is 3. The van der Waals surface area contributed by atoms with Gasteiger partial charge >= 0.3 is 0 Å². The number of aliphatic hydroxyl groups excluding tert-OH is 1. The largest absolute Gasteiger partial charge is 0.497 e. The van der Waals surface area contributed by atoms with Crippen LogP contribution >= 0.6 is 0 Å². The number of carbonyl (C=O) groups excluding carboxylic acids is 1. The zero-order valence-electron chi connectivity index (χ0n) is 11.8. The Labute approximate surface area is 114 Å². The molecule has 2 atom stereocenters. The topological polar surface area (TPSA) is 58.6 Å². The lowest BCUT2D eigenvalue weighted by Crippen LogP contribution is -2.36. The molecule has 0 aromatic heterocycles. The summed E-state index contributed by atoms with van der Waals surface area (Å²) in [5.74, 6) is 0.894. The Kier molecular flexibility index (Phi) is 6.36. The first-order valence-corrected chi connectivity index (χ1v) is 6.64. The van der Waals surface area contributed by atoms with Gasteiger partial charge in [-0.05, 0) is 23.6 Å². The maximum absolute atomic E-state index is 11.7. The minimum absolute atomic E-state index is 0.0764. The van der Waals surface area contributed by atoms with Crippen molar-refractivity contribution in [1.82, 2.24) is 5.32 Å². The summed E-state index contributed by atoms with van der Waals surface area (Å²) in [6.07, 6.45) is 0.733. The van der Waals surface area contributed by atoms with E-state index in [4.69, 9.17) is 4.74 Å². The molecule has 0 bridgehead atoms. The van der Waals surface area contributed by atoms with Gasteiger partial charge in [0, 0.05) is 6.54 Å². The van der Waals surface area contributed by atoms with Crippen molar-refractivity contribution >= 4 is 5.91 Å². The van der Waals surface area contributed by atoms with Gasteiger partial charge < -0.3 is 15.2 Å². The molecule has 1 amide bonds. The van der Waals surface area contributed by atoms with Crippen LogP contribution in [0, 0.1) is 5.92 Å². The highest BCUT2D eigenvalue weighted by atomic mass is 16.5. The maximum Gasteiger partial charge on any atom is 0.224 e. The van der Waals surface area contributed by atoms with Crippen molar-refractivity contribution in [3.8, 4) is 5.75 Å². The zero-order valence-corrected chi connectivity index (χ0v) is 11.8. The van der Waals surface area contributed by atoms with E-state index in [2.05, 4.69) is 5.32 Å². The molecule has 4 heteroatoms. The first-order chi connectivity index (χ1) is 9.06. The molecule has 19 heavy (non-hydrogen) atoms. The third-order valence-corrected chi connectivity index (χ3v) is 3.33. The standard InChI is InChI=1S/C15H23NO3/c1-4-11(2)14(17)10-16-15(18)9-12-5-7-13(19-3)8-6-12/h5-8,11,14,17H,4,9-10H2,1-3H3,(H,16,18). The van der Waals surface area contributed by atoms with Crippen molar-refractivity contribution in [2.45, 2.75) is 32.8 Å². The Bertz CT molecular complexity index is 389. The van der Waals surface area contributed by atoms with Crippen LogP contribution in [0.5, 0.6) is 5.75 Å². The number of hydrogen-bond donors (Lipinski definition) is 2. The summed E-state index contributed by atoms with van der Waals surface area (Å²) >= 11 is 0. The predicted octanol–water partition coefficient (Wildman–Crippen LogP) is 1.76. The number of aliphatic hydroxyl groups is 1. The summed E-state index contributed by atoms with van der Waals surface area (Å²) in [5.41, 5.74) is 0.927. The number of amides is 1. The first-order valence-electron chi connectivity index (χ1n) is 6.64. The van der Waals surface area contributed by atoms with Crippen LogP contribution < -0.4 is 10.1 Å². The Morgan fingerprint density at radius 3 is 2.53 bits per heavy atom. The summed E-state index contributed by atoms with van der Waals surface area (Å²) in [7, 11) is 1.61. The molecule has 2 N–H and O–H groups in total. The summed E-state index contributed by atoms with van der Waals surface area (Å²) in [6, 6.07) is 7.39. The first kappa shape index (κ1) is 15.5. The monoisotopic (exact) mass is 265 g/mol. The molecule has 0 saturated carbocycles. The minimum Gasteiger partial charge on any atom is -0.497 e. The van der Waals surface area contributed by atoms with E-state index in [-0.39, 0.29) is 11.8 Å². The van der Waals surface area contributed by atoms with Gasteiger partial charge in [0.2, 0.25) is 5.91 Å². The lowest BCUT2D eigenvalue weighted by Gasteiger charge is -2.17. The van der Waals surface area contributed by atoms with E-state index in [0.717, 1.165) is 17.7 Å². The molecular formula is C15H23NO3. The molecule has 1 aromatic carbocycles. The second-order valence-electron chi connectivity index (χ2n) is 4.78. The molecule has 1 aromatic rings. The van der Waals surface area contributed by atoms with Crippen LogP contribution in [0.15, 0.2) is 24.3 Å². The highest BCUT2D eigenvalue weighted by Crippen LogP contribution is 2.11. The zero-order chi connectivity index (χ0) is 14.3. The fourth-order valence-electron chi connectivity index (χ4n) is 1.68. The number of carbonyl (C=O) groups is 1. The Balaban J connectivity index is 2.38. The second-order valence-corrected chi connectivity index (χ2v) is 4.78. The van der Waals surface area contributed by atoms with E-state index in [1.807, 2.05) is 38.1 Å². The number of benzene rings is 1. The number of nitrogens with one attached hydrogen (secondary N) is 1. The van der Waals surface area contributed by atoms with Crippen LogP contribution in [0.1, 0.15) is 25.8 Å². The van der Waals surface area contributed by atoms with Gasteiger partial charge in [-0.15, -0.1) is 0 Å². The third kappa shape index (κ3) is 5.30. The van der Waals surface area contributed by atoms with Gasteiger partial charge in [0.15, 0.2) is 0 Å². The fourth-order valence-corrected chi connectivity index (χ4v) is 1.68. The SMILES string of the molecule is CCC(C)C(O)CNC(=O)Cc1ccc(OC)cc1. The quantitative estimate of drug-likeness (QED) is 0.790. The Morgan fingerprint density at radius 1 is 1.37 bits per heavy atom. The van der Waals surface area contributed by atoms with E-state index in [0.29, 0.717) is 13.0 Å². The van der Waals surface area contributed by atoms with Gasteiger partial charge in [-0.25, -0.2) is 0 Å². The van der Waals surface area contributed by atoms with Gasteiger partial charge in [0.1, 0.15) is 5.75 Å². The van der Waals surface area contributed by atoms with Crippen molar-refractivity contribution < 1.29 is 14.6 Å². The normalized spacial score (nSPS) is 13.7. The molecule has 2 unspecified atom stereocenters. The van der Waals surface area contributed by atoms with Crippen molar-refractivity contribution in [2.24, 2.45) is 5.92 Å². The molecule has 0 aliphatic heterocycles. The van der Waals surface area contributed by atoms with Crippen LogP contribution in [0.25, 0.3) is 0 Å². The van der Waals surface area contributed by atoms with E-state index in [1.165, 1.54) is 0 Å². The van der Waals surface area contributed by atoms with Gasteiger partial charge in [-0.3, -0.25) is 4.79 Å². The summed E-state index contributed by atoms with van der Waals surface area (Å²) in [4.78, 5) is 11.7. The lowest BCUT2D eigenvalue weighted by molar-refractivity contribution is -0.121. The lowest BCUT2D eigenvalue weighted by atomic mass is 10.0. The van der Waals surface area contributed by atoms with E-state index >= 15 is 0 Å². The van der Waals surface area contributed by atoms with Crippen molar-refractivity contribution in [3.63, 3.8) is 0 Å². The van der Waals surface area contributed by atoms with Crippen LogP contribution in [-0.4, -0.2) is 30.8 Å². The van der Waals surface area contributed by atoms with Gasteiger partial charge in [-0.1, -0.05) is 32.4 Å². The smallest absolute Gasteiger partial charge is 0.224 e. The minimum atomic E-state index is -0.482. The Morgan fingerprint density at radius 2 is 2.00 bits per heavy atom. The fraction of sp³-hybridized carbons (Fsp3) is 0.533. The van der Waals surface area contributed by atoms with Crippen LogP contribution in [0.3, 0.4) is 0 Å². The van der Waals surface area contributed by atoms with Crippen LogP contribution in [0.2, 0.25) is 0 Å². The van der Waals surface area contributed by atoms with Crippen LogP contribution in [0.4, 0.5) is 0 Å². The maximum atomic E-state index is 11.7. The van der Waals surface area contributed by atoms with Gasteiger partial charge in [0.05, 0.1) is 19.6 Å². The van der Waals surface area contributed by atoms with Crippen molar-refractivity contribution in [1.29, 1.82) is 0 Å². The molecule has 0 aliphatic carbocycles. The molecule has 0 radical (unpaired) electrons. The number of ether oxygens (including phenoxy) is 1. The van der Waals surface area contributed by atoms with Crippen molar-refractivity contribution in [2.75, 3.05) is 13.7 Å². The molecule has 4 nitrogen and oxygen atoms in total. The van der Waals surface area contributed by atoms with Gasteiger partial charge in [0.25, 0.3) is 0 Å². The molecule has 0 aliphatic rings. The summed E-state index contributed by atoms with van der Waals surface area (Å²) in [6.45, 7) is 4.30. The van der Waals surface area contributed by atoms with E-state index in [9.17, 15) is 9.90 Å². The average molecular weight is 265 g/mol. The molecule has 106 valence electrons. The molecule has 0 spiro atoms. The second kappa shape index (κ2) is 7.79. The Hall–Kier alpha value is -1.55. The van der Waals surface area contributed by atoms with E-state index in [1.54, 1.807) is 7.11 Å². The number of methoxy groups -OCH3 is 1. The highest BCUT2D eigenvalue weighted by Gasteiger charge is 2.13. The van der Waals surface area contributed by atoms with Gasteiger partial charge in [-0.2, -0.15) is 0 Å². The molecule has 0 fully saturated rings. The average Bonchev–Trinajstić information content (AvgIpc) is 2.44. The van der Waals surface area contributed by atoms with Crippen molar-refractivity contribution in [3.05, 3.63) is 29.8 Å². The highest BCUT2D eigenvalue weighted by molar-refractivity contribution is 5.78. The summed E-state index contributed by atoms with van der Waals surface area (Å²) < 4.78 is 5.06. The van der Waals surface area contributed by atoms with E-state index < -0.39 is 6.10 Å². The number of rotatable bonds is 7. The van der Waals surface area contributed by atoms with Crippen LogP contribution in [-0.2, 0) is 11.2 Å². The molecule has 0 heterocycles. The predicted molar refractivity (Wildman–Crippen MR) is 75.2 cm³/mol.